The molecule has 1 fully saturated rings. The average Bonchev–Trinajstić information content (AvgIpc) is 3.20. The summed E-state index contributed by atoms with van der Waals surface area (Å²) in [4.78, 5) is 0. The third-order valence-corrected chi connectivity index (χ3v) is 7.49. The van der Waals surface area contributed by atoms with Crippen LogP contribution in [-0.4, -0.2) is 54.3 Å². The molecule has 4 rings (SSSR count). The van der Waals surface area contributed by atoms with Gasteiger partial charge in [-0.15, -0.1) is 4.40 Å². The lowest BCUT2D eigenvalue weighted by Gasteiger charge is -2.29. The Kier molecular flexibility index (Phi) is 6.53. The normalized spacial score (nSPS) is 22.1. The minimum atomic E-state index is -4.21. The van der Waals surface area contributed by atoms with Crippen molar-refractivity contribution < 1.29 is 17.2 Å². The van der Waals surface area contributed by atoms with Crippen LogP contribution in [0.25, 0.3) is 0 Å². The number of amidine groups is 1. The molecule has 2 aromatic rings. The predicted octanol–water partition coefficient (Wildman–Crippen LogP) is 4.71. The first-order valence-corrected chi connectivity index (χ1v) is 12.1. The van der Waals surface area contributed by atoms with E-state index in [-0.39, 0.29) is 30.8 Å². The van der Waals surface area contributed by atoms with Crippen LogP contribution in [0.1, 0.15) is 29.9 Å². The second-order valence-corrected chi connectivity index (χ2v) is 10.00. The zero-order chi connectivity index (χ0) is 22.9. The van der Waals surface area contributed by atoms with Gasteiger partial charge in [0.15, 0.2) is 0 Å². The molecule has 170 valence electrons. The fourth-order valence-electron chi connectivity index (χ4n) is 3.69. The Balaban J connectivity index is 1.62. The van der Waals surface area contributed by atoms with Crippen molar-refractivity contribution in [2.24, 2.45) is 9.50 Å². The molecule has 2 aromatic carbocycles. The van der Waals surface area contributed by atoms with Crippen molar-refractivity contribution in [2.45, 2.75) is 24.7 Å². The maximum absolute atomic E-state index is 13.4. The van der Waals surface area contributed by atoms with Gasteiger partial charge in [-0.3, -0.25) is 0 Å². The number of piperidine rings is 1. The Bertz CT molecular complexity index is 1130. The van der Waals surface area contributed by atoms with Crippen molar-refractivity contribution in [1.82, 2.24) is 9.31 Å². The van der Waals surface area contributed by atoms with E-state index in [1.807, 2.05) is 42.5 Å². The van der Waals surface area contributed by atoms with E-state index in [0.717, 1.165) is 15.4 Å². The van der Waals surface area contributed by atoms with Crippen molar-refractivity contribution in [3.05, 3.63) is 70.7 Å². The van der Waals surface area contributed by atoms with Crippen LogP contribution in [0.3, 0.4) is 0 Å². The second-order valence-electron chi connectivity index (χ2n) is 7.63. The van der Waals surface area contributed by atoms with E-state index in [9.17, 15) is 17.2 Å². The number of hydrogen-bond donors (Lipinski definition) is 0. The molecule has 0 bridgehead atoms. The number of hydrogen-bond acceptors (Lipinski definition) is 3. The molecular weight excluding hydrogens is 481 g/mol. The van der Waals surface area contributed by atoms with Crippen LogP contribution in [0.15, 0.2) is 64.1 Å². The number of benzene rings is 2. The van der Waals surface area contributed by atoms with Crippen molar-refractivity contribution in [3.63, 3.8) is 0 Å². The van der Waals surface area contributed by atoms with E-state index in [1.54, 1.807) is 12.1 Å². The Morgan fingerprint density at radius 2 is 1.69 bits per heavy atom. The van der Waals surface area contributed by atoms with Crippen LogP contribution in [0.4, 0.5) is 8.78 Å². The molecule has 0 spiro atoms. The first-order chi connectivity index (χ1) is 15.1. The molecule has 1 saturated heterocycles. The topological polar surface area (TPSA) is 65.3 Å². The Morgan fingerprint density at radius 1 is 1.06 bits per heavy atom. The molecule has 0 aliphatic carbocycles. The third kappa shape index (κ3) is 5.11. The Morgan fingerprint density at radius 3 is 2.31 bits per heavy atom. The van der Waals surface area contributed by atoms with Gasteiger partial charge in [-0.25, -0.2) is 13.8 Å². The summed E-state index contributed by atoms with van der Waals surface area (Å²) in [5.41, 5.74) is 2.49. The quantitative estimate of drug-likeness (QED) is 0.346. The zero-order valence-electron chi connectivity index (χ0n) is 16.8. The average molecular weight is 501 g/mol. The summed E-state index contributed by atoms with van der Waals surface area (Å²) < 4.78 is 56.6. The Labute approximate surface area is 195 Å². The summed E-state index contributed by atoms with van der Waals surface area (Å²) in [6.45, 7) is -0.345. The summed E-state index contributed by atoms with van der Waals surface area (Å²) in [6, 6.07) is 16.8. The summed E-state index contributed by atoms with van der Waals surface area (Å²) in [7, 11) is -4.21. The fraction of sp³-hybridized carbons (Fsp3) is 0.333. The van der Waals surface area contributed by atoms with E-state index in [0.29, 0.717) is 10.7 Å². The van der Waals surface area contributed by atoms with Gasteiger partial charge in [0.1, 0.15) is 0 Å². The lowest BCUT2D eigenvalue weighted by atomic mass is 9.91. The molecule has 0 aromatic heterocycles. The van der Waals surface area contributed by atoms with Crippen LogP contribution < -0.4 is 0 Å². The van der Waals surface area contributed by atoms with Crippen LogP contribution in [-0.2, 0) is 10.2 Å². The minimum absolute atomic E-state index is 0.183. The van der Waals surface area contributed by atoms with Gasteiger partial charge in [-0.05, 0) is 34.9 Å². The molecule has 2 aliphatic heterocycles. The fourth-order valence-corrected chi connectivity index (χ4v) is 5.23. The van der Waals surface area contributed by atoms with Gasteiger partial charge in [-0.1, -0.05) is 54.1 Å². The zero-order valence-corrected chi connectivity index (χ0v) is 19.2. The summed E-state index contributed by atoms with van der Waals surface area (Å²) in [5.74, 6) is -3.05. The van der Waals surface area contributed by atoms with Crippen LogP contribution in [0, 0.1) is 0 Å². The Hall–Kier alpha value is -2.07. The van der Waals surface area contributed by atoms with E-state index in [4.69, 9.17) is 23.2 Å². The van der Waals surface area contributed by atoms with Crippen LogP contribution in [0.5, 0.6) is 0 Å². The lowest BCUT2D eigenvalue weighted by molar-refractivity contribution is -0.0411. The highest BCUT2D eigenvalue weighted by molar-refractivity contribution is 7.88. The minimum Gasteiger partial charge on any atom is -0.236 e. The molecule has 11 heteroatoms. The number of nitrogens with zero attached hydrogens (tertiary/aromatic N) is 4. The number of hydrazone groups is 1. The van der Waals surface area contributed by atoms with E-state index >= 15 is 0 Å². The molecule has 0 radical (unpaired) electrons. The van der Waals surface area contributed by atoms with E-state index < -0.39 is 29.0 Å². The van der Waals surface area contributed by atoms with E-state index in [2.05, 4.69) is 9.50 Å². The number of alkyl halides is 2. The van der Waals surface area contributed by atoms with Crippen molar-refractivity contribution in [2.75, 3.05) is 19.6 Å². The van der Waals surface area contributed by atoms with Crippen molar-refractivity contribution >= 4 is 44.4 Å². The summed E-state index contributed by atoms with van der Waals surface area (Å²) >= 11 is 12.3. The van der Waals surface area contributed by atoms with E-state index in [1.165, 1.54) is 5.01 Å². The van der Waals surface area contributed by atoms with Gasteiger partial charge in [0.05, 0.1) is 12.3 Å². The van der Waals surface area contributed by atoms with Gasteiger partial charge >= 0.3 is 10.2 Å². The molecule has 1 atom stereocenters. The highest BCUT2D eigenvalue weighted by Gasteiger charge is 2.39. The van der Waals surface area contributed by atoms with Gasteiger partial charge in [0.2, 0.25) is 5.29 Å². The van der Waals surface area contributed by atoms with Gasteiger partial charge in [0, 0.05) is 36.9 Å². The summed E-state index contributed by atoms with van der Waals surface area (Å²) in [5, 5.41) is 6.10. The molecule has 6 nitrogen and oxygen atoms in total. The highest BCUT2D eigenvalue weighted by atomic mass is 35.5. The standard InChI is InChI=1S/C21H20Cl2F2N4O2S/c22-17-8-6-16(7-9-17)19-18(15-4-2-1-3-5-15)14-29(26-19)20(23)27-32(30,31)28-12-10-21(24,25)11-13-28/h1-9,18H,10-14H2/b27-20+. The maximum atomic E-state index is 13.4. The molecule has 32 heavy (non-hydrogen) atoms. The monoisotopic (exact) mass is 500 g/mol. The molecule has 0 amide bonds. The van der Waals surface area contributed by atoms with Crippen molar-refractivity contribution in [1.29, 1.82) is 0 Å². The summed E-state index contributed by atoms with van der Waals surface area (Å²) in [6.07, 6.45) is -1.09. The smallest absolute Gasteiger partial charge is 0.236 e. The molecule has 0 N–H and O–H groups in total. The molecule has 2 aliphatic rings. The van der Waals surface area contributed by atoms with Gasteiger partial charge in [0.25, 0.3) is 5.92 Å². The SMILES string of the molecule is O=S(=O)(/N=C(\Cl)N1CC(c2ccccc2)C(c2ccc(Cl)cc2)=N1)N1CCC(F)(F)CC1. The highest BCUT2D eigenvalue weighted by Crippen LogP contribution is 2.31. The van der Waals surface area contributed by atoms with Crippen LogP contribution in [0.2, 0.25) is 5.02 Å². The predicted molar refractivity (Wildman–Crippen MR) is 122 cm³/mol. The maximum Gasteiger partial charge on any atom is 0.325 e. The van der Waals surface area contributed by atoms with Gasteiger partial charge < -0.3 is 0 Å². The second kappa shape index (κ2) is 9.05. The molecule has 0 saturated carbocycles. The largest absolute Gasteiger partial charge is 0.325 e. The molecular formula is C21H20Cl2F2N4O2S. The van der Waals surface area contributed by atoms with Crippen molar-refractivity contribution in [3.8, 4) is 0 Å². The third-order valence-electron chi connectivity index (χ3n) is 5.44. The number of rotatable bonds is 4. The first kappa shape index (κ1) is 23.1. The molecule has 1 unspecified atom stereocenters. The molecule has 2 heterocycles. The number of halogens is 4. The van der Waals surface area contributed by atoms with Gasteiger partial charge in [-0.2, -0.15) is 17.8 Å². The van der Waals surface area contributed by atoms with Crippen LogP contribution >= 0.6 is 23.2 Å². The first-order valence-electron chi connectivity index (χ1n) is 9.95. The lowest BCUT2D eigenvalue weighted by Crippen LogP contribution is -2.42.